The van der Waals surface area contributed by atoms with Gasteiger partial charge in [-0.05, 0) is 24.6 Å². The fourth-order valence-corrected chi connectivity index (χ4v) is 1.63. The minimum Gasteiger partial charge on any atom is -0.376 e. The summed E-state index contributed by atoms with van der Waals surface area (Å²) in [5, 5.41) is 2.41. The van der Waals surface area contributed by atoms with Crippen LogP contribution in [-0.4, -0.2) is 36.4 Å². The standard InChI is InChI=1S/C8H12F3NO2S/c9-8(10,11)15-5-7(13)12-4-6-2-1-3-14-6/h6H,1-5H2,(H,12,13)/t6-/m1/s1. The Hall–Kier alpha value is -0.430. The average Bonchev–Trinajstić information content (AvgIpc) is 2.62. The van der Waals surface area contributed by atoms with E-state index in [1.54, 1.807) is 0 Å². The molecule has 3 nitrogen and oxygen atoms in total. The first kappa shape index (κ1) is 12.6. The zero-order valence-electron chi connectivity index (χ0n) is 7.97. The third-order valence-electron chi connectivity index (χ3n) is 1.92. The molecule has 1 aliphatic rings. The number of ether oxygens (including phenoxy) is 1. The summed E-state index contributed by atoms with van der Waals surface area (Å²) in [7, 11) is 0. The van der Waals surface area contributed by atoms with Crippen molar-refractivity contribution in [2.75, 3.05) is 18.9 Å². The first-order chi connectivity index (χ1) is 6.97. The van der Waals surface area contributed by atoms with Crippen molar-refractivity contribution >= 4 is 17.7 Å². The predicted octanol–water partition coefficient (Wildman–Crippen LogP) is 1.53. The molecule has 1 amide bonds. The van der Waals surface area contributed by atoms with Gasteiger partial charge in [-0.3, -0.25) is 4.79 Å². The zero-order valence-corrected chi connectivity index (χ0v) is 8.79. The van der Waals surface area contributed by atoms with Gasteiger partial charge < -0.3 is 10.1 Å². The summed E-state index contributed by atoms with van der Waals surface area (Å²) >= 11 is -0.329. The molecule has 0 bridgehead atoms. The highest BCUT2D eigenvalue weighted by molar-refractivity contribution is 8.00. The van der Waals surface area contributed by atoms with Gasteiger partial charge in [-0.15, -0.1) is 0 Å². The van der Waals surface area contributed by atoms with Crippen molar-refractivity contribution in [3.8, 4) is 0 Å². The van der Waals surface area contributed by atoms with Crippen LogP contribution < -0.4 is 5.32 Å². The van der Waals surface area contributed by atoms with E-state index in [1.807, 2.05) is 0 Å². The molecule has 1 saturated heterocycles. The van der Waals surface area contributed by atoms with Crippen LogP contribution in [0.25, 0.3) is 0 Å². The minimum atomic E-state index is -4.35. The number of amides is 1. The number of carbonyl (C=O) groups is 1. The van der Waals surface area contributed by atoms with Crippen LogP contribution in [0.3, 0.4) is 0 Å². The molecule has 1 aliphatic heterocycles. The van der Waals surface area contributed by atoms with E-state index in [0.717, 1.165) is 12.8 Å². The molecule has 1 heterocycles. The summed E-state index contributed by atoms with van der Waals surface area (Å²) in [6, 6.07) is 0. The van der Waals surface area contributed by atoms with Gasteiger partial charge in [0.25, 0.3) is 0 Å². The van der Waals surface area contributed by atoms with E-state index in [4.69, 9.17) is 4.74 Å². The topological polar surface area (TPSA) is 38.3 Å². The van der Waals surface area contributed by atoms with Crippen molar-refractivity contribution in [2.45, 2.75) is 24.5 Å². The lowest BCUT2D eigenvalue weighted by Crippen LogP contribution is -2.33. The fraction of sp³-hybridized carbons (Fsp3) is 0.875. The molecule has 88 valence electrons. The van der Waals surface area contributed by atoms with Gasteiger partial charge in [-0.1, -0.05) is 0 Å². The van der Waals surface area contributed by atoms with Crippen LogP contribution in [0.1, 0.15) is 12.8 Å². The van der Waals surface area contributed by atoms with E-state index >= 15 is 0 Å². The predicted molar refractivity (Wildman–Crippen MR) is 50.5 cm³/mol. The number of hydrogen-bond donors (Lipinski definition) is 1. The number of halogens is 3. The molecule has 7 heteroatoms. The zero-order chi connectivity index (χ0) is 11.3. The highest BCUT2D eigenvalue weighted by atomic mass is 32.2. The third-order valence-corrected chi connectivity index (χ3v) is 2.65. The number of nitrogens with one attached hydrogen (secondary N) is 1. The van der Waals surface area contributed by atoms with E-state index in [9.17, 15) is 18.0 Å². The molecule has 1 fully saturated rings. The van der Waals surface area contributed by atoms with E-state index in [-0.39, 0.29) is 17.9 Å². The summed E-state index contributed by atoms with van der Waals surface area (Å²) in [5.74, 6) is -1.19. The fourth-order valence-electron chi connectivity index (χ4n) is 1.23. The third kappa shape index (κ3) is 5.88. The second kappa shape index (κ2) is 5.60. The summed E-state index contributed by atoms with van der Waals surface area (Å²) in [4.78, 5) is 11.0. The maximum Gasteiger partial charge on any atom is 0.442 e. The Balaban J connectivity index is 2.08. The Morgan fingerprint density at radius 3 is 2.80 bits per heavy atom. The largest absolute Gasteiger partial charge is 0.442 e. The molecular formula is C8H12F3NO2S. The van der Waals surface area contributed by atoms with Crippen LogP contribution in [-0.2, 0) is 9.53 Å². The lowest BCUT2D eigenvalue weighted by Gasteiger charge is -2.11. The molecule has 15 heavy (non-hydrogen) atoms. The first-order valence-electron chi connectivity index (χ1n) is 4.56. The van der Waals surface area contributed by atoms with Gasteiger partial charge >= 0.3 is 5.51 Å². The lowest BCUT2D eigenvalue weighted by atomic mass is 10.2. The molecule has 0 aliphatic carbocycles. The average molecular weight is 243 g/mol. The molecular weight excluding hydrogens is 231 g/mol. The summed E-state index contributed by atoms with van der Waals surface area (Å²) < 4.78 is 40.4. The highest BCUT2D eigenvalue weighted by Crippen LogP contribution is 2.29. The van der Waals surface area contributed by atoms with Crippen LogP contribution in [0.5, 0.6) is 0 Å². The van der Waals surface area contributed by atoms with Crippen molar-refractivity contribution < 1.29 is 22.7 Å². The Morgan fingerprint density at radius 1 is 1.53 bits per heavy atom. The van der Waals surface area contributed by atoms with Crippen molar-refractivity contribution in [3.63, 3.8) is 0 Å². The van der Waals surface area contributed by atoms with Gasteiger partial charge in [0, 0.05) is 13.2 Å². The van der Waals surface area contributed by atoms with E-state index in [0.29, 0.717) is 13.2 Å². The van der Waals surface area contributed by atoms with E-state index in [2.05, 4.69) is 5.32 Å². The van der Waals surface area contributed by atoms with Crippen LogP contribution in [0.2, 0.25) is 0 Å². The van der Waals surface area contributed by atoms with Crippen molar-refractivity contribution in [2.24, 2.45) is 0 Å². The van der Waals surface area contributed by atoms with Gasteiger partial charge in [0.2, 0.25) is 5.91 Å². The summed E-state index contributed by atoms with van der Waals surface area (Å²) in [6.45, 7) is 0.967. The molecule has 1 rings (SSSR count). The van der Waals surface area contributed by atoms with Crippen LogP contribution in [0, 0.1) is 0 Å². The summed E-state index contributed by atoms with van der Waals surface area (Å²) in [6.07, 6.45) is 1.76. The van der Waals surface area contributed by atoms with E-state index < -0.39 is 17.2 Å². The van der Waals surface area contributed by atoms with Gasteiger partial charge in [-0.25, -0.2) is 0 Å². The van der Waals surface area contributed by atoms with Crippen molar-refractivity contribution in [1.29, 1.82) is 0 Å². The lowest BCUT2D eigenvalue weighted by molar-refractivity contribution is -0.119. The Kier molecular flexibility index (Phi) is 4.72. The molecule has 1 N–H and O–H groups in total. The highest BCUT2D eigenvalue weighted by Gasteiger charge is 2.29. The molecule has 0 aromatic carbocycles. The van der Waals surface area contributed by atoms with Gasteiger partial charge in [-0.2, -0.15) is 13.2 Å². The van der Waals surface area contributed by atoms with Crippen LogP contribution >= 0.6 is 11.8 Å². The number of hydrogen-bond acceptors (Lipinski definition) is 3. The normalized spacial score (nSPS) is 21.7. The van der Waals surface area contributed by atoms with Gasteiger partial charge in [0.1, 0.15) is 0 Å². The Morgan fingerprint density at radius 2 is 2.27 bits per heavy atom. The van der Waals surface area contributed by atoms with Crippen LogP contribution in [0.4, 0.5) is 13.2 Å². The number of alkyl halides is 3. The second-order valence-corrected chi connectivity index (χ2v) is 4.21. The number of rotatable bonds is 4. The van der Waals surface area contributed by atoms with Crippen LogP contribution in [0.15, 0.2) is 0 Å². The molecule has 0 spiro atoms. The maximum atomic E-state index is 11.7. The van der Waals surface area contributed by atoms with E-state index in [1.165, 1.54) is 0 Å². The van der Waals surface area contributed by atoms with Gasteiger partial charge in [0.05, 0.1) is 11.9 Å². The first-order valence-corrected chi connectivity index (χ1v) is 5.55. The second-order valence-electron chi connectivity index (χ2n) is 3.17. The maximum absolute atomic E-state index is 11.7. The SMILES string of the molecule is O=C(CSC(F)(F)F)NC[C@H]1CCCO1. The van der Waals surface area contributed by atoms with Gasteiger partial charge in [0.15, 0.2) is 0 Å². The monoisotopic (exact) mass is 243 g/mol. The minimum absolute atomic E-state index is 0.0372. The van der Waals surface area contributed by atoms with Crippen molar-refractivity contribution in [1.82, 2.24) is 5.32 Å². The summed E-state index contributed by atoms with van der Waals surface area (Å²) in [5.41, 5.74) is -4.35. The number of carbonyl (C=O) groups excluding carboxylic acids is 1. The smallest absolute Gasteiger partial charge is 0.376 e. The molecule has 0 aromatic heterocycles. The van der Waals surface area contributed by atoms with Crippen molar-refractivity contribution in [3.05, 3.63) is 0 Å². The molecule has 0 radical (unpaired) electrons. The Labute approximate surface area is 89.7 Å². The quantitative estimate of drug-likeness (QED) is 0.813. The molecule has 0 saturated carbocycles. The molecule has 1 atom stereocenters. The number of thioether (sulfide) groups is 1. The molecule has 0 unspecified atom stereocenters. The molecule has 0 aromatic rings. The Bertz CT molecular complexity index is 216.